The summed E-state index contributed by atoms with van der Waals surface area (Å²) in [5.74, 6) is 1.16. The second-order valence-corrected chi connectivity index (χ2v) is 9.99. The maximum Gasteiger partial charge on any atom is 0.179 e. The van der Waals surface area contributed by atoms with Crippen LogP contribution in [0.3, 0.4) is 0 Å². The number of hydrogen-bond acceptors (Lipinski definition) is 8. The molecule has 30 heavy (non-hydrogen) atoms. The van der Waals surface area contributed by atoms with Gasteiger partial charge >= 0.3 is 0 Å². The topological polar surface area (TPSA) is 58.6 Å². The Morgan fingerprint density at radius 2 is 1.83 bits per heavy atom. The third-order valence-electron chi connectivity index (χ3n) is 6.93. The van der Waals surface area contributed by atoms with Gasteiger partial charge < -0.3 is 28.4 Å². The van der Waals surface area contributed by atoms with Crippen molar-refractivity contribution in [1.82, 2.24) is 4.90 Å². The molecule has 0 radical (unpaired) electrons. The summed E-state index contributed by atoms with van der Waals surface area (Å²) in [6.45, 7) is 4.73. The molecule has 0 amide bonds. The highest BCUT2D eigenvalue weighted by molar-refractivity contribution is 8.00. The molecule has 0 saturated carbocycles. The van der Waals surface area contributed by atoms with Crippen molar-refractivity contribution >= 4 is 11.8 Å². The molecule has 7 nitrogen and oxygen atoms in total. The lowest BCUT2D eigenvalue weighted by Gasteiger charge is -2.61. The van der Waals surface area contributed by atoms with Gasteiger partial charge in [0.05, 0.1) is 45.9 Å². The van der Waals surface area contributed by atoms with E-state index in [0.717, 1.165) is 51.2 Å². The van der Waals surface area contributed by atoms with E-state index in [2.05, 4.69) is 11.0 Å². The highest BCUT2D eigenvalue weighted by Crippen LogP contribution is 2.48. The van der Waals surface area contributed by atoms with E-state index in [-0.39, 0.29) is 24.7 Å². The summed E-state index contributed by atoms with van der Waals surface area (Å²) in [6, 6.07) is 0. The molecular weight excluding hydrogens is 406 g/mol. The maximum absolute atomic E-state index is 6.59. The predicted octanol–water partition coefficient (Wildman–Crippen LogP) is 2.54. The molecule has 4 fully saturated rings. The summed E-state index contributed by atoms with van der Waals surface area (Å²) >= 11 is 2.05. The quantitative estimate of drug-likeness (QED) is 0.660. The van der Waals surface area contributed by atoms with Crippen LogP contribution in [0.15, 0.2) is 12.3 Å². The normalized spacial score (nSPS) is 42.0. The first-order valence-electron chi connectivity index (χ1n) is 11.6. The van der Waals surface area contributed by atoms with Crippen LogP contribution in [-0.4, -0.2) is 92.4 Å². The molecular formula is C22H35NO6S. The van der Waals surface area contributed by atoms with Crippen LogP contribution in [0.4, 0.5) is 0 Å². The molecule has 0 aromatic carbocycles. The number of rotatable bonds is 4. The van der Waals surface area contributed by atoms with Crippen LogP contribution >= 0.6 is 11.8 Å². The minimum Gasteiger partial charge on any atom is -0.496 e. The fourth-order valence-corrected chi connectivity index (χ4v) is 7.28. The summed E-state index contributed by atoms with van der Waals surface area (Å²) in [4.78, 5) is 2.49. The summed E-state index contributed by atoms with van der Waals surface area (Å²) in [5, 5.41) is 0.333. The lowest BCUT2D eigenvalue weighted by Crippen LogP contribution is -2.78. The van der Waals surface area contributed by atoms with Crippen LogP contribution < -0.4 is 0 Å². The lowest BCUT2D eigenvalue weighted by molar-refractivity contribution is -0.324. The summed E-state index contributed by atoms with van der Waals surface area (Å²) in [5.41, 5.74) is -0.467. The fourth-order valence-electron chi connectivity index (χ4n) is 5.65. The number of morpholine rings is 1. The highest BCUT2D eigenvalue weighted by atomic mass is 32.2. The molecule has 5 atom stereocenters. The number of nitrogens with zero attached hydrogens (tertiary/aromatic N) is 1. The van der Waals surface area contributed by atoms with Gasteiger partial charge in [-0.05, 0) is 43.9 Å². The molecule has 5 rings (SSSR count). The number of allylic oxidation sites excluding steroid dienone is 1. The van der Waals surface area contributed by atoms with E-state index in [0.29, 0.717) is 31.7 Å². The van der Waals surface area contributed by atoms with Crippen molar-refractivity contribution in [1.29, 1.82) is 0 Å². The molecule has 5 heterocycles. The van der Waals surface area contributed by atoms with E-state index in [4.69, 9.17) is 28.4 Å². The van der Waals surface area contributed by atoms with Gasteiger partial charge in [-0.1, -0.05) is 6.42 Å². The molecule has 0 aromatic heterocycles. The van der Waals surface area contributed by atoms with E-state index < -0.39 is 5.54 Å². The van der Waals surface area contributed by atoms with Crippen molar-refractivity contribution in [2.24, 2.45) is 0 Å². The van der Waals surface area contributed by atoms with E-state index in [1.807, 2.05) is 18.0 Å². The zero-order valence-corrected chi connectivity index (χ0v) is 18.6. The molecule has 8 heteroatoms. The van der Waals surface area contributed by atoms with Gasteiger partial charge in [-0.25, -0.2) is 0 Å². The molecule has 0 N–H and O–H groups in total. The first-order valence-corrected chi connectivity index (χ1v) is 12.7. The van der Waals surface area contributed by atoms with Crippen molar-refractivity contribution in [3.8, 4) is 0 Å². The second-order valence-electron chi connectivity index (χ2n) is 8.68. The smallest absolute Gasteiger partial charge is 0.179 e. The summed E-state index contributed by atoms with van der Waals surface area (Å²) in [6.07, 6.45) is 9.82. The Balaban J connectivity index is 1.57. The van der Waals surface area contributed by atoms with Crippen LogP contribution in [0, 0.1) is 0 Å². The monoisotopic (exact) mass is 441 g/mol. The van der Waals surface area contributed by atoms with E-state index in [1.165, 1.54) is 12.8 Å². The molecule has 0 aliphatic carbocycles. The van der Waals surface area contributed by atoms with Gasteiger partial charge in [-0.15, -0.1) is 0 Å². The average molecular weight is 442 g/mol. The summed E-state index contributed by atoms with van der Waals surface area (Å²) < 4.78 is 37.6. The first kappa shape index (κ1) is 21.5. The number of ether oxygens (including phenoxy) is 6. The van der Waals surface area contributed by atoms with Gasteiger partial charge in [0.1, 0.15) is 24.0 Å². The average Bonchev–Trinajstić information content (AvgIpc) is 2.85. The lowest BCUT2D eigenvalue weighted by atomic mass is 9.77. The van der Waals surface area contributed by atoms with Crippen molar-refractivity contribution in [2.75, 3.05) is 51.9 Å². The van der Waals surface area contributed by atoms with Gasteiger partial charge in [0.2, 0.25) is 0 Å². The standard InChI is InChI=1S/C22H35NO6S/c1-3-9-25-17(6-1)20-22(18-7-2-4-15-30-18,21-28-10-5-11-29-21)23(8-12-27-20)19-16-24-13-14-26-19/h3,9,17-21H,1-2,4-8,10-16H2. The molecule has 0 bridgehead atoms. The van der Waals surface area contributed by atoms with Crippen molar-refractivity contribution in [3.05, 3.63) is 12.3 Å². The zero-order valence-electron chi connectivity index (χ0n) is 17.7. The van der Waals surface area contributed by atoms with Crippen molar-refractivity contribution in [3.63, 3.8) is 0 Å². The Labute approximate surface area is 183 Å². The Bertz CT molecular complexity index is 556. The van der Waals surface area contributed by atoms with Crippen LogP contribution in [0.25, 0.3) is 0 Å². The van der Waals surface area contributed by atoms with Gasteiger partial charge in [0.25, 0.3) is 0 Å². The molecule has 170 valence electrons. The molecule has 0 aromatic rings. The molecule has 4 saturated heterocycles. The minimum atomic E-state index is -0.467. The zero-order chi connectivity index (χ0) is 20.2. The third kappa shape index (κ3) is 4.05. The number of hydrogen-bond donors (Lipinski definition) is 0. The van der Waals surface area contributed by atoms with Crippen LogP contribution in [0.2, 0.25) is 0 Å². The van der Waals surface area contributed by atoms with Crippen LogP contribution in [0.1, 0.15) is 38.5 Å². The van der Waals surface area contributed by atoms with Gasteiger partial charge in [0.15, 0.2) is 6.29 Å². The SMILES string of the molecule is C1=COC(C2OCCN(C3COCCO3)C2(C2OCCCO2)C2CCCCS2)CC1. The third-order valence-corrected chi connectivity index (χ3v) is 8.47. The molecule has 0 spiro atoms. The van der Waals surface area contributed by atoms with Gasteiger partial charge in [-0.3, -0.25) is 4.90 Å². The van der Waals surface area contributed by atoms with E-state index in [1.54, 1.807) is 0 Å². The Morgan fingerprint density at radius 1 is 0.900 bits per heavy atom. The number of thioether (sulfide) groups is 1. The molecule has 5 aliphatic rings. The highest BCUT2D eigenvalue weighted by Gasteiger charge is 2.63. The Hall–Kier alpha value is -0.350. The van der Waals surface area contributed by atoms with Gasteiger partial charge in [0, 0.05) is 11.8 Å². The molecule has 5 unspecified atom stereocenters. The largest absolute Gasteiger partial charge is 0.496 e. The van der Waals surface area contributed by atoms with E-state index in [9.17, 15) is 0 Å². The predicted molar refractivity (Wildman–Crippen MR) is 113 cm³/mol. The molecule has 5 aliphatic heterocycles. The first-order chi connectivity index (χ1) is 14.9. The van der Waals surface area contributed by atoms with Gasteiger partial charge in [-0.2, -0.15) is 11.8 Å². The fraction of sp³-hybridized carbons (Fsp3) is 0.909. The van der Waals surface area contributed by atoms with Crippen LogP contribution in [0.5, 0.6) is 0 Å². The van der Waals surface area contributed by atoms with E-state index >= 15 is 0 Å². The van der Waals surface area contributed by atoms with Crippen LogP contribution in [-0.2, 0) is 28.4 Å². The van der Waals surface area contributed by atoms with Crippen molar-refractivity contribution < 1.29 is 28.4 Å². The summed E-state index contributed by atoms with van der Waals surface area (Å²) in [7, 11) is 0. The minimum absolute atomic E-state index is 0.0149. The second kappa shape index (κ2) is 10.1. The van der Waals surface area contributed by atoms with Crippen molar-refractivity contribution in [2.45, 2.75) is 74.0 Å². The maximum atomic E-state index is 6.59. The Kier molecular flexibility index (Phi) is 7.21. The Morgan fingerprint density at radius 3 is 2.57 bits per heavy atom.